The van der Waals surface area contributed by atoms with Crippen molar-refractivity contribution in [1.29, 1.82) is 0 Å². The topological polar surface area (TPSA) is 48.8 Å². The van der Waals surface area contributed by atoms with Gasteiger partial charge in [0.05, 0.1) is 22.8 Å². The lowest BCUT2D eigenvalue weighted by molar-refractivity contribution is 1.19. The van der Waals surface area contributed by atoms with E-state index in [2.05, 4.69) is 34.9 Å². The van der Waals surface area contributed by atoms with Crippen LogP contribution >= 0.6 is 23.2 Å². The van der Waals surface area contributed by atoms with Crippen LogP contribution in [-0.2, 0) is 0 Å². The SMILES string of the molecule is CCC(=NNc1ccc(Cl)cc1)C(CC)=NNc1ccc(Cl)cc1. The molecule has 0 spiro atoms. The minimum atomic E-state index is 0.697. The number of hydrogen-bond donors (Lipinski definition) is 2. The summed E-state index contributed by atoms with van der Waals surface area (Å²) in [6, 6.07) is 14.8. The van der Waals surface area contributed by atoms with Gasteiger partial charge >= 0.3 is 0 Å². The van der Waals surface area contributed by atoms with Gasteiger partial charge in [-0.15, -0.1) is 0 Å². The van der Waals surface area contributed by atoms with Gasteiger partial charge in [0.2, 0.25) is 0 Å². The van der Waals surface area contributed by atoms with Gasteiger partial charge in [0, 0.05) is 10.0 Å². The zero-order chi connectivity index (χ0) is 17.4. The normalized spacial score (nSPS) is 12.2. The summed E-state index contributed by atoms with van der Waals surface area (Å²) in [7, 11) is 0. The van der Waals surface area contributed by atoms with Crippen molar-refractivity contribution in [2.75, 3.05) is 10.9 Å². The molecule has 126 valence electrons. The molecule has 0 saturated carbocycles. The van der Waals surface area contributed by atoms with Crippen LogP contribution in [0.15, 0.2) is 58.7 Å². The number of hydrogen-bond acceptors (Lipinski definition) is 4. The van der Waals surface area contributed by atoms with Crippen LogP contribution in [0, 0.1) is 0 Å². The predicted molar refractivity (Wildman–Crippen MR) is 106 cm³/mol. The summed E-state index contributed by atoms with van der Waals surface area (Å²) in [4.78, 5) is 0. The van der Waals surface area contributed by atoms with Gasteiger partial charge in [0.1, 0.15) is 0 Å². The maximum atomic E-state index is 5.88. The molecule has 0 saturated heterocycles. The number of benzene rings is 2. The second-order valence-corrected chi connectivity index (χ2v) is 5.93. The molecular weight excluding hydrogens is 343 g/mol. The molecule has 0 aliphatic rings. The van der Waals surface area contributed by atoms with Gasteiger partial charge in [-0.05, 0) is 61.4 Å². The summed E-state index contributed by atoms with van der Waals surface area (Å²) in [6.07, 6.45) is 1.55. The van der Waals surface area contributed by atoms with Crippen molar-refractivity contribution in [2.24, 2.45) is 10.2 Å². The third-order valence-corrected chi connectivity index (χ3v) is 3.84. The smallest absolute Gasteiger partial charge is 0.0836 e. The minimum Gasteiger partial charge on any atom is -0.278 e. The molecule has 2 aromatic carbocycles. The van der Waals surface area contributed by atoms with E-state index in [0.717, 1.165) is 35.6 Å². The van der Waals surface area contributed by atoms with Crippen molar-refractivity contribution in [3.63, 3.8) is 0 Å². The molecule has 0 unspecified atom stereocenters. The molecule has 0 fully saturated rings. The van der Waals surface area contributed by atoms with Crippen molar-refractivity contribution in [3.8, 4) is 0 Å². The third-order valence-electron chi connectivity index (χ3n) is 3.33. The molecular formula is C18H20Cl2N4. The maximum Gasteiger partial charge on any atom is 0.0836 e. The Bertz CT molecular complexity index is 643. The van der Waals surface area contributed by atoms with Crippen molar-refractivity contribution in [1.82, 2.24) is 0 Å². The molecule has 0 aromatic heterocycles. The quantitative estimate of drug-likeness (QED) is 0.465. The first-order valence-corrected chi connectivity index (χ1v) is 8.54. The number of anilines is 2. The second-order valence-electron chi connectivity index (χ2n) is 5.06. The van der Waals surface area contributed by atoms with E-state index in [-0.39, 0.29) is 0 Å². The maximum absolute atomic E-state index is 5.88. The highest BCUT2D eigenvalue weighted by atomic mass is 35.5. The summed E-state index contributed by atoms with van der Waals surface area (Å²) < 4.78 is 0. The number of nitrogens with one attached hydrogen (secondary N) is 2. The van der Waals surface area contributed by atoms with E-state index in [1.54, 1.807) is 0 Å². The lowest BCUT2D eigenvalue weighted by Gasteiger charge is -2.09. The Kier molecular flexibility index (Phi) is 7.09. The van der Waals surface area contributed by atoms with Crippen LogP contribution in [0.4, 0.5) is 11.4 Å². The monoisotopic (exact) mass is 362 g/mol. The van der Waals surface area contributed by atoms with E-state index in [9.17, 15) is 0 Å². The fourth-order valence-electron chi connectivity index (χ4n) is 2.01. The first kappa shape index (κ1) is 18.3. The average Bonchev–Trinajstić information content (AvgIpc) is 2.60. The van der Waals surface area contributed by atoms with Crippen molar-refractivity contribution in [3.05, 3.63) is 58.6 Å². The second kappa shape index (κ2) is 9.30. The van der Waals surface area contributed by atoms with Crippen LogP contribution in [0.1, 0.15) is 26.7 Å². The van der Waals surface area contributed by atoms with E-state index in [1.807, 2.05) is 48.5 Å². The molecule has 0 aliphatic heterocycles. The van der Waals surface area contributed by atoms with E-state index in [0.29, 0.717) is 10.0 Å². The highest BCUT2D eigenvalue weighted by Gasteiger charge is 2.06. The molecule has 0 aliphatic carbocycles. The first-order valence-electron chi connectivity index (χ1n) is 7.79. The molecule has 0 radical (unpaired) electrons. The Morgan fingerprint density at radius 1 is 0.708 bits per heavy atom. The van der Waals surface area contributed by atoms with Gasteiger partial charge in [-0.2, -0.15) is 10.2 Å². The lowest BCUT2D eigenvalue weighted by atomic mass is 10.1. The van der Waals surface area contributed by atoms with Crippen molar-refractivity contribution >= 4 is 46.0 Å². The summed E-state index contributed by atoms with van der Waals surface area (Å²) in [5.74, 6) is 0. The van der Waals surface area contributed by atoms with Crippen LogP contribution in [-0.4, -0.2) is 11.4 Å². The number of nitrogens with zero attached hydrogens (tertiary/aromatic N) is 2. The highest BCUT2D eigenvalue weighted by molar-refractivity contribution is 6.42. The Morgan fingerprint density at radius 2 is 1.04 bits per heavy atom. The van der Waals surface area contributed by atoms with Gasteiger partial charge in [-0.1, -0.05) is 37.0 Å². The summed E-state index contributed by atoms with van der Waals surface area (Å²) in [5.41, 5.74) is 9.65. The Morgan fingerprint density at radius 3 is 1.33 bits per heavy atom. The fraction of sp³-hybridized carbons (Fsp3) is 0.222. The molecule has 2 N–H and O–H groups in total. The molecule has 0 bridgehead atoms. The first-order chi connectivity index (χ1) is 11.6. The molecule has 24 heavy (non-hydrogen) atoms. The highest BCUT2D eigenvalue weighted by Crippen LogP contribution is 2.15. The van der Waals surface area contributed by atoms with Gasteiger partial charge in [-0.3, -0.25) is 10.9 Å². The fourth-order valence-corrected chi connectivity index (χ4v) is 2.26. The molecule has 0 amide bonds. The van der Waals surface area contributed by atoms with Crippen LogP contribution in [0.25, 0.3) is 0 Å². The molecule has 0 heterocycles. The van der Waals surface area contributed by atoms with Crippen LogP contribution in [0.5, 0.6) is 0 Å². The number of hydrazone groups is 2. The van der Waals surface area contributed by atoms with E-state index in [4.69, 9.17) is 23.2 Å². The standard InChI is InChI=1S/C18H20Cl2N4/c1-3-17(23-21-15-9-5-13(19)6-10-15)18(4-2)24-22-16-11-7-14(20)8-12-16/h5-12,21-22H,3-4H2,1-2H3. The van der Waals surface area contributed by atoms with Crippen LogP contribution in [0.2, 0.25) is 10.0 Å². The summed E-state index contributed by atoms with van der Waals surface area (Å²) in [6.45, 7) is 4.10. The minimum absolute atomic E-state index is 0.697. The molecule has 2 rings (SSSR count). The molecule has 2 aromatic rings. The van der Waals surface area contributed by atoms with Crippen LogP contribution in [0.3, 0.4) is 0 Å². The molecule has 6 heteroatoms. The van der Waals surface area contributed by atoms with Gasteiger partial charge in [-0.25, -0.2) is 0 Å². The Balaban J connectivity index is 2.09. The summed E-state index contributed by atoms with van der Waals surface area (Å²) in [5, 5.41) is 10.3. The van der Waals surface area contributed by atoms with E-state index in [1.165, 1.54) is 0 Å². The largest absolute Gasteiger partial charge is 0.278 e. The van der Waals surface area contributed by atoms with Crippen molar-refractivity contribution < 1.29 is 0 Å². The lowest BCUT2D eigenvalue weighted by Crippen LogP contribution is -2.16. The zero-order valence-electron chi connectivity index (χ0n) is 13.7. The Labute approximate surface area is 152 Å². The predicted octanol–water partition coefficient (Wildman–Crippen LogP) is 6.05. The van der Waals surface area contributed by atoms with Crippen LogP contribution < -0.4 is 10.9 Å². The summed E-state index contributed by atoms with van der Waals surface area (Å²) >= 11 is 11.8. The number of halogens is 2. The van der Waals surface area contributed by atoms with Gasteiger partial charge in [0.15, 0.2) is 0 Å². The third kappa shape index (κ3) is 5.55. The molecule has 4 nitrogen and oxygen atoms in total. The molecule has 0 atom stereocenters. The van der Waals surface area contributed by atoms with Gasteiger partial charge < -0.3 is 0 Å². The average molecular weight is 363 g/mol. The number of rotatable bonds is 7. The van der Waals surface area contributed by atoms with E-state index >= 15 is 0 Å². The van der Waals surface area contributed by atoms with E-state index < -0.39 is 0 Å². The zero-order valence-corrected chi connectivity index (χ0v) is 15.2. The Hall–Kier alpha value is -2.04. The van der Waals surface area contributed by atoms with Gasteiger partial charge in [0.25, 0.3) is 0 Å². The van der Waals surface area contributed by atoms with Crippen molar-refractivity contribution in [2.45, 2.75) is 26.7 Å².